The predicted molar refractivity (Wildman–Crippen MR) is 73.9 cm³/mol. The molecule has 8 nitrogen and oxygen atoms in total. The number of ketones is 1. The summed E-state index contributed by atoms with van der Waals surface area (Å²) in [5.74, 6) is -2.65. The highest BCUT2D eigenvalue weighted by Gasteiger charge is 2.16. The van der Waals surface area contributed by atoms with Crippen molar-refractivity contribution in [1.82, 2.24) is 10.2 Å². The first kappa shape index (κ1) is 19.0. The number of hydrogen-bond acceptors (Lipinski definition) is 5. The molecule has 0 rings (SSSR count). The van der Waals surface area contributed by atoms with Gasteiger partial charge in [0.2, 0.25) is 5.91 Å². The molecule has 21 heavy (non-hydrogen) atoms. The monoisotopic (exact) mass is 302 g/mol. The van der Waals surface area contributed by atoms with Crippen molar-refractivity contribution >= 4 is 23.6 Å². The Bertz CT molecular complexity index is 367. The van der Waals surface area contributed by atoms with Crippen LogP contribution in [-0.2, 0) is 19.2 Å². The number of aliphatic carboxylic acids is 2. The van der Waals surface area contributed by atoms with E-state index in [9.17, 15) is 19.2 Å². The Morgan fingerprint density at radius 1 is 0.905 bits per heavy atom. The van der Waals surface area contributed by atoms with Gasteiger partial charge in [-0.2, -0.15) is 0 Å². The third-order valence-corrected chi connectivity index (χ3v) is 2.61. The van der Waals surface area contributed by atoms with E-state index in [2.05, 4.69) is 5.32 Å². The van der Waals surface area contributed by atoms with Crippen molar-refractivity contribution < 1.29 is 29.4 Å². The van der Waals surface area contributed by atoms with E-state index in [0.717, 1.165) is 24.2 Å². The minimum absolute atomic E-state index is 0.136. The van der Waals surface area contributed by atoms with Gasteiger partial charge in [0.25, 0.3) is 0 Å². The zero-order valence-electron chi connectivity index (χ0n) is 12.1. The fraction of sp³-hybridized carbons (Fsp3) is 0.692. The molecule has 0 aromatic heterocycles. The molecule has 8 heteroatoms. The summed E-state index contributed by atoms with van der Waals surface area (Å²) >= 11 is 0. The van der Waals surface area contributed by atoms with Crippen LogP contribution < -0.4 is 5.32 Å². The summed E-state index contributed by atoms with van der Waals surface area (Å²) in [5.41, 5.74) is 0. The number of unbranched alkanes of at least 4 members (excludes halogenated alkanes) is 2. The smallest absolute Gasteiger partial charge is 0.317 e. The molecule has 0 radical (unpaired) electrons. The molecule has 0 heterocycles. The number of nitrogens with one attached hydrogen (secondary N) is 1. The van der Waals surface area contributed by atoms with Gasteiger partial charge in [0.1, 0.15) is 5.78 Å². The predicted octanol–water partition coefficient (Wildman–Crippen LogP) is -0.277. The van der Waals surface area contributed by atoms with Crippen molar-refractivity contribution in [2.75, 3.05) is 26.2 Å². The molecule has 0 spiro atoms. The van der Waals surface area contributed by atoms with Crippen LogP contribution in [0, 0.1) is 0 Å². The summed E-state index contributed by atoms with van der Waals surface area (Å²) < 4.78 is 0. The summed E-state index contributed by atoms with van der Waals surface area (Å²) in [7, 11) is 0. The minimum Gasteiger partial charge on any atom is -0.480 e. The first-order valence-electron chi connectivity index (χ1n) is 6.73. The highest BCUT2D eigenvalue weighted by molar-refractivity contribution is 5.80. The van der Waals surface area contributed by atoms with Crippen LogP contribution in [0.3, 0.4) is 0 Å². The Labute approximate surface area is 123 Å². The average molecular weight is 302 g/mol. The lowest BCUT2D eigenvalue weighted by atomic mass is 10.1. The van der Waals surface area contributed by atoms with E-state index in [0.29, 0.717) is 13.0 Å². The molecule has 0 aliphatic carbocycles. The van der Waals surface area contributed by atoms with E-state index in [1.165, 1.54) is 6.92 Å². The van der Waals surface area contributed by atoms with Gasteiger partial charge >= 0.3 is 11.9 Å². The molecule has 0 aliphatic rings. The minimum atomic E-state index is -1.19. The lowest BCUT2D eigenvalue weighted by Crippen LogP contribution is -2.42. The van der Waals surface area contributed by atoms with E-state index in [-0.39, 0.29) is 12.3 Å². The highest BCUT2D eigenvalue weighted by Crippen LogP contribution is 1.99. The second kappa shape index (κ2) is 10.8. The van der Waals surface area contributed by atoms with Crippen LogP contribution in [0.1, 0.15) is 32.6 Å². The maximum atomic E-state index is 11.6. The number of carbonyl (C=O) groups excluding carboxylic acids is 2. The first-order chi connectivity index (χ1) is 9.81. The average Bonchev–Trinajstić information content (AvgIpc) is 2.31. The molecule has 1 amide bonds. The molecular formula is C13H22N2O6. The second-order valence-corrected chi connectivity index (χ2v) is 4.80. The van der Waals surface area contributed by atoms with Gasteiger partial charge in [-0.3, -0.25) is 19.3 Å². The summed E-state index contributed by atoms with van der Waals surface area (Å²) in [5, 5.41) is 19.9. The van der Waals surface area contributed by atoms with Crippen LogP contribution in [0.25, 0.3) is 0 Å². The molecular weight excluding hydrogens is 280 g/mol. The number of carboxylic acids is 2. The molecule has 0 aliphatic heterocycles. The van der Waals surface area contributed by atoms with E-state index >= 15 is 0 Å². The Morgan fingerprint density at radius 2 is 1.48 bits per heavy atom. The maximum Gasteiger partial charge on any atom is 0.317 e. The molecule has 0 saturated carbocycles. The number of carboxylic acid groups (broad SMARTS) is 2. The molecule has 0 aromatic carbocycles. The second-order valence-electron chi connectivity index (χ2n) is 4.80. The van der Waals surface area contributed by atoms with Gasteiger partial charge in [-0.15, -0.1) is 0 Å². The first-order valence-corrected chi connectivity index (χ1v) is 6.73. The number of hydrogen-bond donors (Lipinski definition) is 3. The molecule has 0 unspecified atom stereocenters. The Balaban J connectivity index is 3.89. The van der Waals surface area contributed by atoms with Crippen molar-refractivity contribution in [3.8, 4) is 0 Å². The fourth-order valence-corrected chi connectivity index (χ4v) is 1.71. The van der Waals surface area contributed by atoms with Gasteiger partial charge in [0, 0.05) is 13.0 Å². The van der Waals surface area contributed by atoms with Crippen LogP contribution in [0.2, 0.25) is 0 Å². The lowest BCUT2D eigenvalue weighted by Gasteiger charge is -2.17. The lowest BCUT2D eigenvalue weighted by molar-refractivity contribution is -0.142. The third kappa shape index (κ3) is 12.8. The quantitative estimate of drug-likeness (QED) is 0.424. The van der Waals surface area contributed by atoms with Crippen molar-refractivity contribution in [3.05, 3.63) is 0 Å². The Kier molecular flexibility index (Phi) is 9.78. The molecule has 0 fully saturated rings. The highest BCUT2D eigenvalue weighted by atomic mass is 16.4. The van der Waals surface area contributed by atoms with Crippen LogP contribution in [0.5, 0.6) is 0 Å². The largest absolute Gasteiger partial charge is 0.480 e. The number of Topliss-reactive ketones (excluding diaryl/α,β-unsaturated/α-hetero) is 1. The van der Waals surface area contributed by atoms with Crippen LogP contribution in [0.4, 0.5) is 0 Å². The molecule has 0 saturated heterocycles. The van der Waals surface area contributed by atoms with E-state index in [1.54, 1.807) is 0 Å². The van der Waals surface area contributed by atoms with Gasteiger partial charge in [-0.1, -0.05) is 6.42 Å². The van der Waals surface area contributed by atoms with Gasteiger partial charge < -0.3 is 20.3 Å². The fourth-order valence-electron chi connectivity index (χ4n) is 1.71. The van der Waals surface area contributed by atoms with E-state index < -0.39 is 30.9 Å². The van der Waals surface area contributed by atoms with Crippen LogP contribution >= 0.6 is 0 Å². The van der Waals surface area contributed by atoms with E-state index in [4.69, 9.17) is 10.2 Å². The van der Waals surface area contributed by atoms with Crippen molar-refractivity contribution in [1.29, 1.82) is 0 Å². The molecule has 120 valence electrons. The van der Waals surface area contributed by atoms with Crippen molar-refractivity contribution in [2.45, 2.75) is 32.6 Å². The summed E-state index contributed by atoms with van der Waals surface area (Å²) in [6.45, 7) is 0.675. The summed E-state index contributed by atoms with van der Waals surface area (Å²) in [6, 6.07) is 0. The molecule has 0 aromatic rings. The van der Waals surface area contributed by atoms with Gasteiger partial charge in [-0.05, 0) is 19.8 Å². The van der Waals surface area contributed by atoms with Gasteiger partial charge in [-0.25, -0.2) is 0 Å². The Morgan fingerprint density at radius 3 is 1.95 bits per heavy atom. The van der Waals surface area contributed by atoms with Crippen LogP contribution in [0.15, 0.2) is 0 Å². The van der Waals surface area contributed by atoms with Crippen molar-refractivity contribution in [2.24, 2.45) is 0 Å². The standard InChI is InChI=1S/C13H22N2O6/c1-10(16)5-3-2-4-6-14-11(17)7-15(8-12(18)19)9-13(20)21/h2-9H2,1H3,(H,14,17)(H,18,19)(H,20,21). The molecule has 3 N–H and O–H groups in total. The van der Waals surface area contributed by atoms with Gasteiger partial charge in [0.05, 0.1) is 19.6 Å². The number of carbonyl (C=O) groups is 4. The SMILES string of the molecule is CC(=O)CCCCCNC(=O)CN(CC(=O)O)CC(=O)O. The molecule has 0 atom stereocenters. The zero-order chi connectivity index (χ0) is 16.3. The Hall–Kier alpha value is -1.96. The summed E-state index contributed by atoms with van der Waals surface area (Å²) in [6.07, 6.45) is 2.83. The zero-order valence-corrected chi connectivity index (χ0v) is 12.1. The van der Waals surface area contributed by atoms with Crippen molar-refractivity contribution in [3.63, 3.8) is 0 Å². The topological polar surface area (TPSA) is 124 Å². The normalized spacial score (nSPS) is 10.4. The number of nitrogens with zero attached hydrogens (tertiary/aromatic N) is 1. The molecule has 0 bridgehead atoms. The third-order valence-electron chi connectivity index (χ3n) is 2.61. The van der Waals surface area contributed by atoms with E-state index in [1.807, 2.05) is 0 Å². The van der Waals surface area contributed by atoms with Gasteiger partial charge in [0.15, 0.2) is 0 Å². The maximum absolute atomic E-state index is 11.6. The number of amides is 1. The summed E-state index contributed by atoms with van der Waals surface area (Å²) in [4.78, 5) is 44.4. The van der Waals surface area contributed by atoms with Crippen LogP contribution in [-0.4, -0.2) is 64.9 Å². The number of rotatable bonds is 12.